The van der Waals surface area contributed by atoms with Gasteiger partial charge in [-0.3, -0.25) is 0 Å². The lowest BCUT2D eigenvalue weighted by atomic mass is 9.82. The van der Waals surface area contributed by atoms with Crippen LogP contribution in [0.25, 0.3) is 0 Å². The maximum atomic E-state index is 11.6. The van der Waals surface area contributed by atoms with E-state index in [1.165, 1.54) is 6.42 Å². The van der Waals surface area contributed by atoms with E-state index < -0.39 is 11.9 Å². The molecule has 0 spiro atoms. The number of hydrogen-bond donors (Lipinski definition) is 0. The highest BCUT2D eigenvalue weighted by atomic mass is 16.5. The topological polar surface area (TPSA) is 52.6 Å². The summed E-state index contributed by atoms with van der Waals surface area (Å²) in [5.74, 6) is 0.226. The van der Waals surface area contributed by atoms with Gasteiger partial charge in [0.15, 0.2) is 0 Å². The van der Waals surface area contributed by atoms with Crippen LogP contribution >= 0.6 is 0 Å². The lowest BCUT2D eigenvalue weighted by Gasteiger charge is -2.30. The molecule has 0 aromatic carbocycles. The molecule has 4 heteroatoms. The first-order chi connectivity index (χ1) is 9.51. The first-order valence-electron chi connectivity index (χ1n) is 7.56. The third-order valence-corrected chi connectivity index (χ3v) is 3.52. The molecule has 0 aromatic rings. The molecule has 2 atom stereocenters. The van der Waals surface area contributed by atoms with Crippen molar-refractivity contribution in [2.45, 2.75) is 59.0 Å². The summed E-state index contributed by atoms with van der Waals surface area (Å²) in [6.07, 6.45) is 7.09. The Hall–Kier alpha value is -1.32. The number of unbranched alkanes of at least 4 members (excludes halogenated alkanes) is 1. The van der Waals surface area contributed by atoms with Gasteiger partial charge in [0.25, 0.3) is 0 Å². The van der Waals surface area contributed by atoms with Crippen molar-refractivity contribution in [3.63, 3.8) is 0 Å². The molecule has 2 unspecified atom stereocenters. The van der Waals surface area contributed by atoms with Crippen molar-refractivity contribution in [2.24, 2.45) is 11.8 Å². The third-order valence-electron chi connectivity index (χ3n) is 3.52. The van der Waals surface area contributed by atoms with E-state index in [-0.39, 0.29) is 6.10 Å². The lowest BCUT2D eigenvalue weighted by molar-refractivity contribution is -0.146. The molecule has 1 rings (SSSR count). The molecule has 0 N–H and O–H groups in total. The smallest absolute Gasteiger partial charge is 0.331 e. The molecular formula is C16H26O4. The van der Waals surface area contributed by atoms with Gasteiger partial charge < -0.3 is 9.47 Å². The molecule has 1 aliphatic carbocycles. The van der Waals surface area contributed by atoms with Crippen molar-refractivity contribution >= 4 is 11.9 Å². The Morgan fingerprint density at radius 3 is 2.25 bits per heavy atom. The first kappa shape index (κ1) is 16.7. The number of ether oxygens (including phenoxy) is 2. The van der Waals surface area contributed by atoms with Crippen LogP contribution in [-0.2, 0) is 19.1 Å². The largest absolute Gasteiger partial charge is 0.463 e. The maximum absolute atomic E-state index is 11.6. The Morgan fingerprint density at radius 1 is 1.05 bits per heavy atom. The molecular weight excluding hydrogens is 256 g/mol. The van der Waals surface area contributed by atoms with Crippen molar-refractivity contribution in [1.82, 2.24) is 0 Å². The van der Waals surface area contributed by atoms with Crippen molar-refractivity contribution < 1.29 is 19.1 Å². The van der Waals surface area contributed by atoms with Crippen molar-refractivity contribution in [3.05, 3.63) is 12.2 Å². The standard InChI is InChI=1S/C16H26O4/c1-4-5-8-19-15(17)6-7-16(18)20-14-10-12(2)9-13(3)11-14/h6-7,12-14H,4-5,8-11H2,1-3H3/b7-6+. The molecule has 0 saturated heterocycles. The Bertz CT molecular complexity index is 338. The minimum absolute atomic E-state index is 0.0259. The Labute approximate surface area is 121 Å². The number of esters is 2. The normalized spacial score (nSPS) is 26.4. The summed E-state index contributed by atoms with van der Waals surface area (Å²) in [5.41, 5.74) is 0. The van der Waals surface area contributed by atoms with Gasteiger partial charge in [0.05, 0.1) is 6.61 Å². The van der Waals surface area contributed by atoms with Gasteiger partial charge in [-0.15, -0.1) is 0 Å². The SMILES string of the molecule is CCCCOC(=O)/C=C/C(=O)OC1CC(C)CC(C)C1. The van der Waals surface area contributed by atoms with Crippen LogP contribution in [0.5, 0.6) is 0 Å². The highest BCUT2D eigenvalue weighted by Gasteiger charge is 2.26. The number of rotatable bonds is 6. The second kappa shape index (κ2) is 8.77. The molecule has 0 aromatic heterocycles. The fraction of sp³-hybridized carbons (Fsp3) is 0.750. The molecule has 0 aliphatic heterocycles. The summed E-state index contributed by atoms with van der Waals surface area (Å²) >= 11 is 0. The molecule has 0 amide bonds. The van der Waals surface area contributed by atoms with E-state index in [1.807, 2.05) is 6.92 Å². The Morgan fingerprint density at radius 2 is 1.65 bits per heavy atom. The summed E-state index contributed by atoms with van der Waals surface area (Å²) in [7, 11) is 0. The number of hydrogen-bond acceptors (Lipinski definition) is 4. The summed E-state index contributed by atoms with van der Waals surface area (Å²) < 4.78 is 10.3. The van der Waals surface area contributed by atoms with Crippen LogP contribution in [-0.4, -0.2) is 24.6 Å². The van der Waals surface area contributed by atoms with E-state index in [0.717, 1.165) is 37.8 Å². The first-order valence-corrected chi connectivity index (χ1v) is 7.56. The van der Waals surface area contributed by atoms with Crippen LogP contribution in [0.2, 0.25) is 0 Å². The Kier molecular flexibility index (Phi) is 7.34. The molecule has 1 saturated carbocycles. The summed E-state index contributed by atoms with van der Waals surface area (Å²) in [6.45, 7) is 6.77. The lowest BCUT2D eigenvalue weighted by Crippen LogP contribution is -2.28. The fourth-order valence-corrected chi connectivity index (χ4v) is 2.67. The van der Waals surface area contributed by atoms with Gasteiger partial charge in [-0.05, 0) is 37.5 Å². The van der Waals surface area contributed by atoms with Gasteiger partial charge in [0.1, 0.15) is 6.10 Å². The minimum Gasteiger partial charge on any atom is -0.463 e. The van der Waals surface area contributed by atoms with Crippen LogP contribution in [0.4, 0.5) is 0 Å². The highest BCUT2D eigenvalue weighted by Crippen LogP contribution is 2.30. The van der Waals surface area contributed by atoms with Gasteiger partial charge in [-0.25, -0.2) is 9.59 Å². The molecule has 0 radical (unpaired) electrons. The van der Waals surface area contributed by atoms with E-state index >= 15 is 0 Å². The van der Waals surface area contributed by atoms with Crippen molar-refractivity contribution in [2.75, 3.05) is 6.61 Å². The molecule has 114 valence electrons. The van der Waals surface area contributed by atoms with Crippen molar-refractivity contribution in [3.8, 4) is 0 Å². The van der Waals surface area contributed by atoms with Crippen LogP contribution in [0.1, 0.15) is 52.9 Å². The zero-order valence-corrected chi connectivity index (χ0v) is 12.8. The predicted octanol–water partition coefficient (Wildman–Crippen LogP) is 3.25. The van der Waals surface area contributed by atoms with Gasteiger partial charge in [-0.2, -0.15) is 0 Å². The predicted molar refractivity (Wildman–Crippen MR) is 77.1 cm³/mol. The molecule has 20 heavy (non-hydrogen) atoms. The monoisotopic (exact) mass is 282 g/mol. The molecule has 0 heterocycles. The van der Waals surface area contributed by atoms with Gasteiger partial charge in [-0.1, -0.05) is 27.2 Å². The third kappa shape index (κ3) is 6.73. The van der Waals surface area contributed by atoms with E-state index in [2.05, 4.69) is 13.8 Å². The molecule has 1 fully saturated rings. The van der Waals surface area contributed by atoms with Gasteiger partial charge in [0, 0.05) is 12.2 Å². The van der Waals surface area contributed by atoms with Crippen LogP contribution in [0, 0.1) is 11.8 Å². The molecule has 4 nitrogen and oxygen atoms in total. The van der Waals surface area contributed by atoms with E-state index in [9.17, 15) is 9.59 Å². The zero-order chi connectivity index (χ0) is 15.0. The molecule has 0 bridgehead atoms. The maximum Gasteiger partial charge on any atom is 0.331 e. The van der Waals surface area contributed by atoms with Crippen LogP contribution < -0.4 is 0 Å². The Balaban J connectivity index is 2.30. The highest BCUT2D eigenvalue weighted by molar-refractivity contribution is 5.91. The quantitative estimate of drug-likeness (QED) is 0.426. The van der Waals surface area contributed by atoms with E-state index in [4.69, 9.17) is 9.47 Å². The van der Waals surface area contributed by atoms with Gasteiger partial charge in [0.2, 0.25) is 0 Å². The zero-order valence-electron chi connectivity index (χ0n) is 12.8. The van der Waals surface area contributed by atoms with Crippen molar-refractivity contribution in [1.29, 1.82) is 0 Å². The fourth-order valence-electron chi connectivity index (χ4n) is 2.67. The number of carbonyl (C=O) groups is 2. The van der Waals surface area contributed by atoms with E-state index in [0.29, 0.717) is 18.4 Å². The summed E-state index contributed by atoms with van der Waals surface area (Å²) in [5, 5.41) is 0. The average molecular weight is 282 g/mol. The summed E-state index contributed by atoms with van der Waals surface area (Å²) in [4.78, 5) is 22.9. The van der Waals surface area contributed by atoms with Gasteiger partial charge >= 0.3 is 11.9 Å². The summed E-state index contributed by atoms with van der Waals surface area (Å²) in [6, 6.07) is 0. The number of carbonyl (C=O) groups excluding carboxylic acids is 2. The second-order valence-electron chi connectivity index (χ2n) is 5.83. The average Bonchev–Trinajstić information content (AvgIpc) is 2.35. The minimum atomic E-state index is -0.485. The van der Waals surface area contributed by atoms with Crippen LogP contribution in [0.15, 0.2) is 12.2 Å². The molecule has 1 aliphatic rings. The van der Waals surface area contributed by atoms with Crippen LogP contribution in [0.3, 0.4) is 0 Å². The second-order valence-corrected chi connectivity index (χ2v) is 5.83. The van der Waals surface area contributed by atoms with E-state index in [1.54, 1.807) is 0 Å².